The lowest BCUT2D eigenvalue weighted by molar-refractivity contribution is -0.150. The molecule has 1 amide bonds. The van der Waals surface area contributed by atoms with Crippen molar-refractivity contribution in [2.45, 2.75) is 38.6 Å². The number of nitrogens with one attached hydrogen (secondary N) is 1. The Kier molecular flexibility index (Phi) is 3.38. The van der Waals surface area contributed by atoms with Gasteiger partial charge in [0.2, 0.25) is 5.91 Å². The first-order chi connectivity index (χ1) is 8.03. The van der Waals surface area contributed by atoms with E-state index in [9.17, 15) is 9.59 Å². The minimum absolute atomic E-state index is 0.00889. The summed E-state index contributed by atoms with van der Waals surface area (Å²) in [5, 5.41) is 12.1. The average Bonchev–Trinajstić information content (AvgIpc) is 3.09. The van der Waals surface area contributed by atoms with Crippen molar-refractivity contribution < 1.29 is 14.7 Å². The Bertz CT molecular complexity index is 320. The maximum absolute atomic E-state index is 12.5. The van der Waals surface area contributed by atoms with Crippen molar-refractivity contribution in [1.29, 1.82) is 0 Å². The summed E-state index contributed by atoms with van der Waals surface area (Å²) >= 11 is 0. The van der Waals surface area contributed by atoms with Crippen LogP contribution < -0.4 is 5.32 Å². The van der Waals surface area contributed by atoms with E-state index < -0.39 is 11.4 Å². The van der Waals surface area contributed by atoms with Crippen LogP contribution in [0.1, 0.15) is 32.6 Å². The van der Waals surface area contributed by atoms with Crippen molar-refractivity contribution in [1.82, 2.24) is 10.2 Å². The van der Waals surface area contributed by atoms with Crippen LogP contribution in [0.25, 0.3) is 0 Å². The zero-order valence-corrected chi connectivity index (χ0v) is 10.2. The van der Waals surface area contributed by atoms with E-state index in [2.05, 4.69) is 5.32 Å². The zero-order chi connectivity index (χ0) is 12.5. The third kappa shape index (κ3) is 2.77. The molecule has 5 heteroatoms. The van der Waals surface area contributed by atoms with Crippen molar-refractivity contribution >= 4 is 11.9 Å². The summed E-state index contributed by atoms with van der Waals surface area (Å²) in [4.78, 5) is 24.8. The summed E-state index contributed by atoms with van der Waals surface area (Å²) in [5.41, 5.74) is -0.420. The van der Waals surface area contributed by atoms with Gasteiger partial charge in [-0.15, -0.1) is 0 Å². The molecule has 2 fully saturated rings. The lowest BCUT2D eigenvalue weighted by atomic mass is 9.81. The Morgan fingerprint density at radius 1 is 1.47 bits per heavy atom. The van der Waals surface area contributed by atoms with E-state index in [0.29, 0.717) is 6.54 Å². The summed E-state index contributed by atoms with van der Waals surface area (Å²) < 4.78 is 0. The number of carboxylic acid groups (broad SMARTS) is 1. The molecular formula is C12H20N2O3. The molecule has 1 aliphatic carbocycles. The molecule has 0 aromatic rings. The van der Waals surface area contributed by atoms with Gasteiger partial charge in [-0.25, -0.2) is 0 Å². The van der Waals surface area contributed by atoms with Gasteiger partial charge in [0.15, 0.2) is 0 Å². The van der Waals surface area contributed by atoms with Crippen LogP contribution in [0.4, 0.5) is 0 Å². The van der Waals surface area contributed by atoms with Crippen LogP contribution in [0.2, 0.25) is 0 Å². The molecule has 17 heavy (non-hydrogen) atoms. The van der Waals surface area contributed by atoms with Gasteiger partial charge in [0, 0.05) is 12.6 Å². The fourth-order valence-electron chi connectivity index (χ4n) is 2.48. The van der Waals surface area contributed by atoms with Crippen molar-refractivity contribution in [3.05, 3.63) is 0 Å². The van der Waals surface area contributed by atoms with Crippen LogP contribution in [0.3, 0.4) is 0 Å². The van der Waals surface area contributed by atoms with Crippen LogP contribution >= 0.6 is 0 Å². The molecule has 0 radical (unpaired) electrons. The number of aliphatic carboxylic acids is 1. The molecule has 0 aromatic carbocycles. The summed E-state index contributed by atoms with van der Waals surface area (Å²) in [6, 6.07) is 0.164. The van der Waals surface area contributed by atoms with E-state index in [-0.39, 0.29) is 18.5 Å². The fourth-order valence-corrected chi connectivity index (χ4v) is 2.48. The van der Waals surface area contributed by atoms with E-state index >= 15 is 0 Å². The van der Waals surface area contributed by atoms with Gasteiger partial charge in [-0.3, -0.25) is 9.59 Å². The second-order valence-corrected chi connectivity index (χ2v) is 5.40. The van der Waals surface area contributed by atoms with Gasteiger partial charge in [-0.2, -0.15) is 0 Å². The van der Waals surface area contributed by atoms with Gasteiger partial charge < -0.3 is 15.3 Å². The van der Waals surface area contributed by atoms with Crippen LogP contribution in [-0.4, -0.2) is 47.6 Å². The molecule has 1 unspecified atom stereocenters. The fraction of sp³-hybridized carbons (Fsp3) is 0.833. The first kappa shape index (κ1) is 12.4. The summed E-state index contributed by atoms with van der Waals surface area (Å²) in [5.74, 6) is -0.910. The molecule has 2 rings (SSSR count). The lowest BCUT2D eigenvalue weighted by Crippen LogP contribution is -2.52. The second kappa shape index (κ2) is 4.64. The van der Waals surface area contributed by atoms with E-state index in [4.69, 9.17) is 5.11 Å². The summed E-state index contributed by atoms with van der Waals surface area (Å²) in [6.07, 6.45) is 3.72. The standard InChI is InChI=1S/C12H20N2O3/c1-12(5-2-6-13-8-12)11(17)14(7-10(15)16)9-3-4-9/h9,13H,2-8H2,1H3,(H,15,16). The number of carboxylic acids is 1. The Labute approximate surface area is 101 Å². The topological polar surface area (TPSA) is 69.6 Å². The number of hydrogen-bond donors (Lipinski definition) is 2. The van der Waals surface area contributed by atoms with Gasteiger partial charge in [0.05, 0.1) is 5.41 Å². The predicted octanol–water partition coefficient (Wildman–Crippen LogP) is 0.452. The number of hydrogen-bond acceptors (Lipinski definition) is 3. The number of amides is 1. The number of nitrogens with zero attached hydrogens (tertiary/aromatic N) is 1. The Morgan fingerprint density at radius 3 is 2.65 bits per heavy atom. The van der Waals surface area contributed by atoms with Crippen molar-refractivity contribution in [3.63, 3.8) is 0 Å². The highest BCUT2D eigenvalue weighted by Gasteiger charge is 2.43. The van der Waals surface area contributed by atoms with Crippen molar-refractivity contribution in [2.75, 3.05) is 19.6 Å². The normalized spacial score (nSPS) is 28.8. The third-order valence-corrected chi connectivity index (χ3v) is 3.67. The van der Waals surface area contributed by atoms with Gasteiger partial charge in [-0.05, 0) is 39.2 Å². The molecular weight excluding hydrogens is 220 g/mol. The molecule has 5 nitrogen and oxygen atoms in total. The highest BCUT2D eigenvalue weighted by atomic mass is 16.4. The maximum Gasteiger partial charge on any atom is 0.323 e. The monoisotopic (exact) mass is 240 g/mol. The lowest BCUT2D eigenvalue weighted by Gasteiger charge is -2.37. The van der Waals surface area contributed by atoms with Gasteiger partial charge >= 0.3 is 5.97 Å². The first-order valence-corrected chi connectivity index (χ1v) is 6.26. The first-order valence-electron chi connectivity index (χ1n) is 6.26. The molecule has 1 heterocycles. The van der Waals surface area contributed by atoms with E-state index in [1.807, 2.05) is 6.92 Å². The average molecular weight is 240 g/mol. The third-order valence-electron chi connectivity index (χ3n) is 3.67. The molecule has 0 aromatic heterocycles. The van der Waals surface area contributed by atoms with Crippen LogP contribution in [0.5, 0.6) is 0 Å². The SMILES string of the molecule is CC1(C(=O)N(CC(=O)O)C2CC2)CCCNC1. The molecule has 1 saturated heterocycles. The highest BCUT2D eigenvalue weighted by Crippen LogP contribution is 2.34. The number of carbonyl (C=O) groups is 2. The number of rotatable bonds is 4. The van der Waals surface area contributed by atoms with Crippen molar-refractivity contribution in [3.8, 4) is 0 Å². The van der Waals surface area contributed by atoms with Crippen LogP contribution in [0, 0.1) is 5.41 Å². The minimum Gasteiger partial charge on any atom is -0.480 e. The van der Waals surface area contributed by atoms with E-state index in [1.165, 1.54) is 0 Å². The number of carbonyl (C=O) groups excluding carboxylic acids is 1. The Hall–Kier alpha value is -1.10. The molecule has 2 N–H and O–H groups in total. The quantitative estimate of drug-likeness (QED) is 0.748. The predicted molar refractivity (Wildman–Crippen MR) is 62.6 cm³/mol. The Balaban J connectivity index is 2.06. The zero-order valence-electron chi connectivity index (χ0n) is 10.2. The molecule has 96 valence electrons. The summed E-state index contributed by atoms with van der Waals surface area (Å²) in [6.45, 7) is 3.40. The van der Waals surface area contributed by atoms with Crippen LogP contribution in [0.15, 0.2) is 0 Å². The molecule has 1 aliphatic heterocycles. The van der Waals surface area contributed by atoms with Gasteiger partial charge in [0.25, 0.3) is 0 Å². The summed E-state index contributed by atoms with van der Waals surface area (Å²) in [7, 11) is 0. The second-order valence-electron chi connectivity index (χ2n) is 5.40. The molecule has 0 bridgehead atoms. The smallest absolute Gasteiger partial charge is 0.323 e. The van der Waals surface area contributed by atoms with Crippen LogP contribution in [-0.2, 0) is 9.59 Å². The molecule has 0 spiro atoms. The molecule has 1 saturated carbocycles. The highest BCUT2D eigenvalue weighted by molar-refractivity contribution is 5.86. The van der Waals surface area contributed by atoms with E-state index in [0.717, 1.165) is 32.2 Å². The minimum atomic E-state index is -0.919. The van der Waals surface area contributed by atoms with Gasteiger partial charge in [-0.1, -0.05) is 0 Å². The molecule has 2 aliphatic rings. The van der Waals surface area contributed by atoms with E-state index in [1.54, 1.807) is 4.90 Å². The van der Waals surface area contributed by atoms with Gasteiger partial charge in [0.1, 0.15) is 6.54 Å². The van der Waals surface area contributed by atoms with Crippen molar-refractivity contribution in [2.24, 2.45) is 5.41 Å². The largest absolute Gasteiger partial charge is 0.480 e. The number of piperidine rings is 1. The Morgan fingerprint density at radius 2 is 2.18 bits per heavy atom. The molecule has 1 atom stereocenters. The maximum atomic E-state index is 12.5.